The molecule has 82 valence electrons. The molecule has 5 heteroatoms. The smallest absolute Gasteiger partial charge is 0.269 e. The number of rotatable bonds is 5. The summed E-state index contributed by atoms with van der Waals surface area (Å²) >= 11 is 1.78. The van der Waals surface area contributed by atoms with Crippen molar-refractivity contribution >= 4 is 23.4 Å². The van der Waals surface area contributed by atoms with Crippen LogP contribution in [0.2, 0.25) is 0 Å². The first kappa shape index (κ1) is 11.8. The van der Waals surface area contributed by atoms with Gasteiger partial charge in [0.05, 0.1) is 0 Å². The van der Waals surface area contributed by atoms with Gasteiger partial charge in [0.15, 0.2) is 0 Å². The lowest BCUT2D eigenvalue weighted by molar-refractivity contribution is 0.0958. The van der Waals surface area contributed by atoms with Crippen LogP contribution in [0.5, 0.6) is 0 Å². The molecule has 2 N–H and O–H groups in total. The molecule has 4 nitrogen and oxygen atoms in total. The Labute approximate surface area is 93.9 Å². The Hall–Kier alpha value is -1.23. The summed E-state index contributed by atoms with van der Waals surface area (Å²) in [5.41, 5.74) is 1.37. The summed E-state index contributed by atoms with van der Waals surface area (Å²) in [7, 11) is 1.60. The van der Waals surface area contributed by atoms with Gasteiger partial charge in [-0.25, -0.2) is 0 Å². The molecule has 0 aliphatic heterocycles. The normalized spacial score (nSPS) is 9.73. The van der Waals surface area contributed by atoms with E-state index >= 15 is 0 Å². The number of hydrogen-bond donors (Lipinski definition) is 2. The van der Waals surface area contributed by atoms with Crippen molar-refractivity contribution in [1.82, 2.24) is 10.3 Å². The van der Waals surface area contributed by atoms with Crippen LogP contribution in [-0.4, -0.2) is 36.5 Å². The molecule has 15 heavy (non-hydrogen) atoms. The molecule has 0 aliphatic carbocycles. The van der Waals surface area contributed by atoms with Crippen LogP contribution in [0.25, 0.3) is 0 Å². The highest BCUT2D eigenvalue weighted by atomic mass is 32.2. The van der Waals surface area contributed by atoms with Crippen molar-refractivity contribution in [2.24, 2.45) is 0 Å². The molecular weight excluding hydrogens is 210 g/mol. The summed E-state index contributed by atoms with van der Waals surface area (Å²) in [5, 5.41) is 5.77. The van der Waals surface area contributed by atoms with Gasteiger partial charge in [0.2, 0.25) is 0 Å². The molecule has 1 aromatic rings. The van der Waals surface area contributed by atoms with E-state index in [1.807, 2.05) is 6.07 Å². The van der Waals surface area contributed by atoms with Gasteiger partial charge in [-0.15, -0.1) is 0 Å². The van der Waals surface area contributed by atoms with Gasteiger partial charge in [-0.3, -0.25) is 9.78 Å². The lowest BCUT2D eigenvalue weighted by Gasteiger charge is -2.06. The highest BCUT2D eigenvalue weighted by Gasteiger charge is 2.04. The first-order valence-corrected chi connectivity index (χ1v) is 6.08. The third-order valence-electron chi connectivity index (χ3n) is 1.85. The van der Waals surface area contributed by atoms with Gasteiger partial charge in [-0.05, 0) is 18.4 Å². The Balaban J connectivity index is 2.62. The Morgan fingerprint density at radius 1 is 1.60 bits per heavy atom. The van der Waals surface area contributed by atoms with E-state index < -0.39 is 0 Å². The predicted octanol–water partition coefficient (Wildman–Crippen LogP) is 1.22. The second-order valence-electron chi connectivity index (χ2n) is 2.93. The van der Waals surface area contributed by atoms with Gasteiger partial charge in [0, 0.05) is 31.2 Å². The van der Waals surface area contributed by atoms with E-state index in [9.17, 15) is 4.79 Å². The molecule has 0 fully saturated rings. The van der Waals surface area contributed by atoms with E-state index in [0.717, 1.165) is 18.0 Å². The average Bonchev–Trinajstić information content (AvgIpc) is 2.29. The maximum absolute atomic E-state index is 11.3. The summed E-state index contributed by atoms with van der Waals surface area (Å²) < 4.78 is 0. The summed E-state index contributed by atoms with van der Waals surface area (Å²) in [6.07, 6.45) is 3.69. The van der Waals surface area contributed by atoms with Gasteiger partial charge < -0.3 is 10.6 Å². The Bertz CT molecular complexity index is 330. The fourth-order valence-corrected chi connectivity index (χ4v) is 1.40. The van der Waals surface area contributed by atoms with Crippen LogP contribution < -0.4 is 10.6 Å². The van der Waals surface area contributed by atoms with Crippen molar-refractivity contribution in [3.63, 3.8) is 0 Å². The minimum Gasteiger partial charge on any atom is -0.384 e. The van der Waals surface area contributed by atoms with Gasteiger partial charge in [0.25, 0.3) is 5.91 Å². The van der Waals surface area contributed by atoms with Crippen molar-refractivity contribution in [3.05, 3.63) is 24.0 Å². The Morgan fingerprint density at radius 3 is 3.07 bits per heavy atom. The molecule has 0 saturated carbocycles. The topological polar surface area (TPSA) is 54.0 Å². The SMILES string of the molecule is CNC(=O)c1cc(NCCSC)ccn1. The molecule has 0 aliphatic rings. The number of anilines is 1. The lowest BCUT2D eigenvalue weighted by Crippen LogP contribution is -2.19. The third kappa shape index (κ3) is 3.79. The van der Waals surface area contributed by atoms with Crippen LogP contribution in [0.15, 0.2) is 18.3 Å². The second-order valence-corrected chi connectivity index (χ2v) is 3.91. The number of hydrogen-bond acceptors (Lipinski definition) is 4. The molecule has 1 amide bonds. The summed E-state index contributed by atoms with van der Waals surface area (Å²) in [6, 6.07) is 3.60. The Morgan fingerprint density at radius 2 is 2.40 bits per heavy atom. The second kappa shape index (κ2) is 6.29. The van der Waals surface area contributed by atoms with Crippen molar-refractivity contribution < 1.29 is 4.79 Å². The highest BCUT2D eigenvalue weighted by Crippen LogP contribution is 2.07. The monoisotopic (exact) mass is 225 g/mol. The molecule has 0 unspecified atom stereocenters. The van der Waals surface area contributed by atoms with Gasteiger partial charge >= 0.3 is 0 Å². The maximum Gasteiger partial charge on any atom is 0.269 e. The van der Waals surface area contributed by atoms with E-state index in [1.165, 1.54) is 0 Å². The van der Waals surface area contributed by atoms with Crippen LogP contribution in [0.1, 0.15) is 10.5 Å². The molecule has 1 heterocycles. The first-order chi connectivity index (χ1) is 7.27. The standard InChI is InChI=1S/C10H15N3OS/c1-11-10(14)9-7-8(3-4-13-9)12-5-6-15-2/h3-4,7H,5-6H2,1-2H3,(H,11,14)(H,12,13). The molecule has 0 saturated heterocycles. The van der Waals surface area contributed by atoms with Crippen molar-refractivity contribution in [3.8, 4) is 0 Å². The van der Waals surface area contributed by atoms with E-state index in [4.69, 9.17) is 0 Å². The van der Waals surface area contributed by atoms with Crippen LogP contribution in [-0.2, 0) is 0 Å². The molecule has 0 radical (unpaired) electrons. The van der Waals surface area contributed by atoms with E-state index in [1.54, 1.807) is 31.1 Å². The number of nitrogens with one attached hydrogen (secondary N) is 2. The van der Waals surface area contributed by atoms with Crippen molar-refractivity contribution in [2.45, 2.75) is 0 Å². The van der Waals surface area contributed by atoms with Gasteiger partial charge in [-0.1, -0.05) is 0 Å². The van der Waals surface area contributed by atoms with E-state index in [-0.39, 0.29) is 5.91 Å². The van der Waals surface area contributed by atoms with Crippen molar-refractivity contribution in [2.75, 3.05) is 30.9 Å². The lowest BCUT2D eigenvalue weighted by atomic mass is 10.3. The van der Waals surface area contributed by atoms with Crippen LogP contribution >= 0.6 is 11.8 Å². The number of carbonyl (C=O) groups is 1. The number of carbonyl (C=O) groups excluding carboxylic acids is 1. The number of thioether (sulfide) groups is 1. The summed E-state index contributed by atoms with van der Waals surface area (Å²) in [4.78, 5) is 15.3. The number of amides is 1. The Kier molecular flexibility index (Phi) is 4.97. The molecular formula is C10H15N3OS. The summed E-state index contributed by atoms with van der Waals surface area (Å²) in [6.45, 7) is 0.887. The molecule has 1 rings (SSSR count). The average molecular weight is 225 g/mol. The predicted molar refractivity (Wildman–Crippen MR) is 64.5 cm³/mol. The fraction of sp³-hybridized carbons (Fsp3) is 0.400. The molecule has 1 aromatic heterocycles. The highest BCUT2D eigenvalue weighted by molar-refractivity contribution is 7.98. The van der Waals surface area contributed by atoms with Crippen LogP contribution in [0, 0.1) is 0 Å². The van der Waals surface area contributed by atoms with E-state index in [0.29, 0.717) is 5.69 Å². The number of aromatic nitrogens is 1. The molecule has 0 aromatic carbocycles. The van der Waals surface area contributed by atoms with Gasteiger partial charge in [0.1, 0.15) is 5.69 Å². The third-order valence-corrected chi connectivity index (χ3v) is 2.47. The minimum absolute atomic E-state index is 0.163. The van der Waals surface area contributed by atoms with Crippen LogP contribution in [0.3, 0.4) is 0 Å². The quantitative estimate of drug-likeness (QED) is 0.740. The largest absolute Gasteiger partial charge is 0.384 e. The molecule has 0 spiro atoms. The summed E-state index contributed by atoms with van der Waals surface area (Å²) in [5.74, 6) is 0.876. The molecule has 0 bridgehead atoms. The number of pyridine rings is 1. The minimum atomic E-state index is -0.163. The van der Waals surface area contributed by atoms with E-state index in [2.05, 4.69) is 21.9 Å². The molecule has 0 atom stereocenters. The zero-order valence-corrected chi connectivity index (χ0v) is 9.73. The first-order valence-electron chi connectivity index (χ1n) is 4.69. The van der Waals surface area contributed by atoms with Gasteiger partial charge in [-0.2, -0.15) is 11.8 Å². The zero-order chi connectivity index (χ0) is 11.1. The zero-order valence-electron chi connectivity index (χ0n) is 8.91. The van der Waals surface area contributed by atoms with Crippen molar-refractivity contribution in [1.29, 1.82) is 0 Å². The van der Waals surface area contributed by atoms with Crippen LogP contribution in [0.4, 0.5) is 5.69 Å². The number of nitrogens with zero attached hydrogens (tertiary/aromatic N) is 1. The fourth-order valence-electron chi connectivity index (χ4n) is 1.09. The maximum atomic E-state index is 11.3.